The zero-order valence-corrected chi connectivity index (χ0v) is 10.7. The summed E-state index contributed by atoms with van der Waals surface area (Å²) in [7, 11) is 0. The Morgan fingerprint density at radius 2 is 2.17 bits per heavy atom. The molecule has 2 rings (SSSR count). The minimum absolute atomic E-state index is 0.158. The first-order valence-electron chi connectivity index (χ1n) is 6.42. The molecule has 2 aromatic rings. The standard InChI is InChI=1S/C14H19N3O/c1-2-9-17-13-6-4-3-5-12(13)16-14(17)10-11(18)7-8-15/h3-6H,2,7-10,15H2,1H3. The number of hydrogen-bond donors (Lipinski definition) is 1. The van der Waals surface area contributed by atoms with Crippen LogP contribution in [0.2, 0.25) is 0 Å². The average molecular weight is 245 g/mol. The highest BCUT2D eigenvalue weighted by Gasteiger charge is 2.12. The summed E-state index contributed by atoms with van der Waals surface area (Å²) < 4.78 is 2.14. The summed E-state index contributed by atoms with van der Waals surface area (Å²) >= 11 is 0. The maximum Gasteiger partial charge on any atom is 0.141 e. The van der Waals surface area contributed by atoms with E-state index < -0.39 is 0 Å². The van der Waals surface area contributed by atoms with Gasteiger partial charge in [-0.1, -0.05) is 19.1 Å². The molecule has 0 spiro atoms. The van der Waals surface area contributed by atoms with E-state index in [1.165, 1.54) is 0 Å². The van der Waals surface area contributed by atoms with E-state index in [4.69, 9.17) is 5.73 Å². The quantitative estimate of drug-likeness (QED) is 0.845. The van der Waals surface area contributed by atoms with Crippen LogP contribution in [0.25, 0.3) is 11.0 Å². The lowest BCUT2D eigenvalue weighted by molar-refractivity contribution is -0.118. The number of ketones is 1. The van der Waals surface area contributed by atoms with Crippen LogP contribution in [0.15, 0.2) is 24.3 Å². The van der Waals surface area contributed by atoms with Gasteiger partial charge in [0.1, 0.15) is 11.6 Å². The number of aryl methyl sites for hydroxylation is 1. The summed E-state index contributed by atoms with van der Waals surface area (Å²) in [5, 5.41) is 0. The number of rotatable bonds is 6. The second-order valence-corrected chi connectivity index (χ2v) is 4.42. The fourth-order valence-corrected chi connectivity index (χ4v) is 2.16. The smallest absolute Gasteiger partial charge is 0.141 e. The van der Waals surface area contributed by atoms with Crippen LogP contribution in [0.3, 0.4) is 0 Å². The van der Waals surface area contributed by atoms with Gasteiger partial charge in [0.15, 0.2) is 0 Å². The van der Waals surface area contributed by atoms with Crippen LogP contribution in [0.1, 0.15) is 25.6 Å². The number of Topliss-reactive ketones (excluding diaryl/α,β-unsaturated/α-hetero) is 1. The fourth-order valence-electron chi connectivity index (χ4n) is 2.16. The molecule has 0 saturated carbocycles. The Morgan fingerprint density at radius 3 is 2.89 bits per heavy atom. The number of para-hydroxylation sites is 2. The van der Waals surface area contributed by atoms with E-state index in [0.29, 0.717) is 19.4 Å². The Kier molecular flexibility index (Phi) is 4.10. The molecule has 0 aliphatic heterocycles. The van der Waals surface area contributed by atoms with Gasteiger partial charge in [-0.25, -0.2) is 4.98 Å². The Morgan fingerprint density at radius 1 is 1.39 bits per heavy atom. The van der Waals surface area contributed by atoms with Gasteiger partial charge in [0.25, 0.3) is 0 Å². The first kappa shape index (κ1) is 12.8. The molecule has 0 atom stereocenters. The van der Waals surface area contributed by atoms with E-state index in [1.807, 2.05) is 18.2 Å². The maximum absolute atomic E-state index is 11.7. The second kappa shape index (κ2) is 5.78. The number of nitrogens with two attached hydrogens (primary N) is 1. The van der Waals surface area contributed by atoms with Gasteiger partial charge in [0.05, 0.1) is 17.5 Å². The van der Waals surface area contributed by atoms with Gasteiger partial charge in [-0.05, 0) is 25.1 Å². The predicted molar refractivity (Wildman–Crippen MR) is 72.4 cm³/mol. The minimum atomic E-state index is 0.158. The lowest BCUT2D eigenvalue weighted by Gasteiger charge is -2.06. The summed E-state index contributed by atoms with van der Waals surface area (Å²) in [5.41, 5.74) is 7.47. The lowest BCUT2D eigenvalue weighted by atomic mass is 10.2. The van der Waals surface area contributed by atoms with Crippen molar-refractivity contribution in [1.82, 2.24) is 9.55 Å². The zero-order valence-electron chi connectivity index (χ0n) is 10.7. The zero-order chi connectivity index (χ0) is 13.0. The number of imidazole rings is 1. The first-order chi connectivity index (χ1) is 8.76. The summed E-state index contributed by atoms with van der Waals surface area (Å²) in [4.78, 5) is 16.3. The highest BCUT2D eigenvalue weighted by molar-refractivity contribution is 5.82. The molecule has 1 heterocycles. The molecule has 1 aromatic heterocycles. The largest absolute Gasteiger partial charge is 0.330 e. The molecule has 0 aliphatic rings. The van der Waals surface area contributed by atoms with Crippen LogP contribution in [-0.4, -0.2) is 21.9 Å². The molecule has 0 fully saturated rings. The van der Waals surface area contributed by atoms with Crippen molar-refractivity contribution in [3.8, 4) is 0 Å². The van der Waals surface area contributed by atoms with Crippen LogP contribution in [0, 0.1) is 0 Å². The van der Waals surface area contributed by atoms with E-state index in [9.17, 15) is 4.79 Å². The number of carbonyl (C=O) groups excluding carboxylic acids is 1. The van der Waals surface area contributed by atoms with Crippen molar-refractivity contribution in [3.63, 3.8) is 0 Å². The summed E-state index contributed by atoms with van der Waals surface area (Å²) in [6.45, 7) is 3.43. The molecule has 0 aliphatic carbocycles. The second-order valence-electron chi connectivity index (χ2n) is 4.42. The van der Waals surface area contributed by atoms with E-state index in [-0.39, 0.29) is 5.78 Å². The normalized spacial score (nSPS) is 11.0. The topological polar surface area (TPSA) is 60.9 Å². The van der Waals surface area contributed by atoms with Gasteiger partial charge in [0.2, 0.25) is 0 Å². The van der Waals surface area contributed by atoms with Crippen molar-refractivity contribution in [3.05, 3.63) is 30.1 Å². The molecule has 0 saturated heterocycles. The molecule has 2 N–H and O–H groups in total. The van der Waals surface area contributed by atoms with E-state index in [2.05, 4.69) is 22.5 Å². The Hall–Kier alpha value is -1.68. The van der Waals surface area contributed by atoms with Gasteiger partial charge in [-0.3, -0.25) is 4.79 Å². The summed E-state index contributed by atoms with van der Waals surface area (Å²) in [5.74, 6) is 1.02. The van der Waals surface area contributed by atoms with Gasteiger partial charge in [0, 0.05) is 13.0 Å². The Labute approximate surface area is 107 Å². The predicted octanol–water partition coefficient (Wildman–Crippen LogP) is 1.91. The summed E-state index contributed by atoms with van der Waals surface area (Å²) in [6, 6.07) is 8.01. The number of carbonyl (C=O) groups is 1. The van der Waals surface area contributed by atoms with E-state index in [0.717, 1.165) is 29.8 Å². The average Bonchev–Trinajstić information content (AvgIpc) is 2.68. The van der Waals surface area contributed by atoms with Crippen molar-refractivity contribution in [1.29, 1.82) is 0 Å². The molecule has 0 radical (unpaired) electrons. The fraction of sp³-hybridized carbons (Fsp3) is 0.429. The molecule has 0 unspecified atom stereocenters. The molecular weight excluding hydrogens is 226 g/mol. The number of fused-ring (bicyclic) bond motifs is 1. The molecule has 4 nitrogen and oxygen atoms in total. The van der Waals surface area contributed by atoms with Crippen LogP contribution >= 0.6 is 0 Å². The van der Waals surface area contributed by atoms with Gasteiger partial charge in [-0.15, -0.1) is 0 Å². The minimum Gasteiger partial charge on any atom is -0.330 e. The SMILES string of the molecule is CCCn1c(CC(=O)CCN)nc2ccccc21. The maximum atomic E-state index is 11.7. The van der Waals surface area contributed by atoms with E-state index >= 15 is 0 Å². The number of aromatic nitrogens is 2. The molecule has 0 bridgehead atoms. The highest BCUT2D eigenvalue weighted by Crippen LogP contribution is 2.17. The highest BCUT2D eigenvalue weighted by atomic mass is 16.1. The number of hydrogen-bond acceptors (Lipinski definition) is 3. The summed E-state index contributed by atoms with van der Waals surface area (Å²) in [6.07, 6.45) is 1.83. The van der Waals surface area contributed by atoms with E-state index in [1.54, 1.807) is 0 Å². The van der Waals surface area contributed by atoms with Gasteiger partial charge >= 0.3 is 0 Å². The number of nitrogens with zero attached hydrogens (tertiary/aromatic N) is 2. The van der Waals surface area contributed by atoms with Crippen molar-refractivity contribution in [2.45, 2.75) is 32.7 Å². The van der Waals surface area contributed by atoms with Crippen molar-refractivity contribution >= 4 is 16.8 Å². The first-order valence-corrected chi connectivity index (χ1v) is 6.42. The van der Waals surface area contributed by atoms with Crippen LogP contribution in [0.5, 0.6) is 0 Å². The van der Waals surface area contributed by atoms with Crippen molar-refractivity contribution < 1.29 is 4.79 Å². The van der Waals surface area contributed by atoms with Gasteiger partial charge in [-0.2, -0.15) is 0 Å². The molecule has 18 heavy (non-hydrogen) atoms. The third-order valence-electron chi connectivity index (χ3n) is 2.96. The molecule has 96 valence electrons. The van der Waals surface area contributed by atoms with Crippen molar-refractivity contribution in [2.75, 3.05) is 6.54 Å². The third kappa shape index (κ3) is 2.59. The molecule has 4 heteroatoms. The van der Waals surface area contributed by atoms with Crippen LogP contribution in [0.4, 0.5) is 0 Å². The molecule has 0 amide bonds. The Balaban J connectivity index is 2.36. The number of benzene rings is 1. The molecular formula is C14H19N3O. The molecule has 1 aromatic carbocycles. The van der Waals surface area contributed by atoms with Crippen molar-refractivity contribution in [2.24, 2.45) is 5.73 Å². The Bertz CT molecular complexity index is 545. The van der Waals surface area contributed by atoms with Crippen LogP contribution < -0.4 is 5.73 Å². The monoisotopic (exact) mass is 245 g/mol. The van der Waals surface area contributed by atoms with Gasteiger partial charge < -0.3 is 10.3 Å². The van der Waals surface area contributed by atoms with Crippen LogP contribution in [-0.2, 0) is 17.8 Å². The lowest BCUT2D eigenvalue weighted by Crippen LogP contribution is -2.13. The third-order valence-corrected chi connectivity index (χ3v) is 2.96.